The molecule has 1 fully saturated rings. The Morgan fingerprint density at radius 1 is 0.971 bits per heavy atom. The van der Waals surface area contributed by atoms with Gasteiger partial charge in [-0.15, -0.1) is 0 Å². The van der Waals surface area contributed by atoms with Crippen molar-refractivity contribution >= 4 is 33.4 Å². The van der Waals surface area contributed by atoms with E-state index in [0.717, 1.165) is 49.8 Å². The fourth-order valence-corrected chi connectivity index (χ4v) is 4.72. The number of unbranched alkanes of at least 4 members (excludes halogenated alkanes) is 2. The molecule has 35 heavy (non-hydrogen) atoms. The first-order valence-corrected chi connectivity index (χ1v) is 13.2. The third-order valence-electron chi connectivity index (χ3n) is 6.39. The molecule has 0 radical (unpaired) electrons. The Labute approximate surface area is 215 Å². The van der Waals surface area contributed by atoms with Crippen LogP contribution in [0, 0.1) is 5.82 Å². The van der Waals surface area contributed by atoms with Crippen LogP contribution in [0.15, 0.2) is 58.6 Å². The van der Waals surface area contributed by atoms with E-state index in [0.29, 0.717) is 18.5 Å². The van der Waals surface area contributed by atoms with E-state index < -0.39 is 23.5 Å². The molecule has 0 bridgehead atoms. The molecule has 5 nitrogen and oxygen atoms in total. The van der Waals surface area contributed by atoms with E-state index in [1.165, 1.54) is 11.0 Å². The predicted octanol–water partition coefficient (Wildman–Crippen LogP) is 6.30. The van der Waals surface area contributed by atoms with Crippen molar-refractivity contribution in [1.82, 2.24) is 9.80 Å². The van der Waals surface area contributed by atoms with Crippen molar-refractivity contribution in [3.8, 4) is 0 Å². The molecule has 1 heterocycles. The molecule has 1 aliphatic heterocycles. The molecule has 2 aromatic rings. The molecular weight excluding hydrogens is 511 g/mol. The largest absolute Gasteiger partial charge is 0.507 e. The van der Waals surface area contributed by atoms with Gasteiger partial charge in [0, 0.05) is 22.1 Å². The van der Waals surface area contributed by atoms with Gasteiger partial charge in [-0.2, -0.15) is 0 Å². The second kappa shape index (κ2) is 13.0. The lowest BCUT2D eigenvalue weighted by Crippen LogP contribution is -2.34. The van der Waals surface area contributed by atoms with Crippen LogP contribution in [0.25, 0.3) is 5.76 Å². The van der Waals surface area contributed by atoms with Crippen molar-refractivity contribution in [1.29, 1.82) is 0 Å². The van der Waals surface area contributed by atoms with Crippen molar-refractivity contribution in [3.05, 3.63) is 75.5 Å². The highest BCUT2D eigenvalue weighted by molar-refractivity contribution is 9.10. The summed E-state index contributed by atoms with van der Waals surface area (Å²) in [6.07, 6.45) is 5.10. The van der Waals surface area contributed by atoms with E-state index in [1.54, 1.807) is 42.5 Å². The van der Waals surface area contributed by atoms with Gasteiger partial charge in [0.15, 0.2) is 0 Å². The summed E-state index contributed by atoms with van der Waals surface area (Å²) in [7, 11) is 0. The van der Waals surface area contributed by atoms with E-state index >= 15 is 0 Å². The predicted molar refractivity (Wildman–Crippen MR) is 140 cm³/mol. The number of aliphatic hydroxyl groups excluding tert-OH is 1. The molecule has 7 heteroatoms. The zero-order chi connectivity index (χ0) is 25.4. The summed E-state index contributed by atoms with van der Waals surface area (Å²) >= 11 is 3.36. The molecule has 1 N–H and O–H groups in total. The van der Waals surface area contributed by atoms with Gasteiger partial charge in [-0.25, -0.2) is 4.39 Å². The molecule has 1 amide bonds. The Morgan fingerprint density at radius 3 is 2.17 bits per heavy atom. The average molecular weight is 545 g/mol. The lowest BCUT2D eigenvalue weighted by molar-refractivity contribution is -0.140. The maximum absolute atomic E-state index is 14.9. The van der Waals surface area contributed by atoms with E-state index in [-0.39, 0.29) is 16.9 Å². The van der Waals surface area contributed by atoms with Gasteiger partial charge in [-0.1, -0.05) is 73.0 Å². The lowest BCUT2D eigenvalue weighted by atomic mass is 9.95. The fraction of sp³-hybridized carbons (Fsp3) is 0.429. The van der Waals surface area contributed by atoms with Gasteiger partial charge in [0.2, 0.25) is 0 Å². The van der Waals surface area contributed by atoms with Crippen LogP contribution in [0.1, 0.15) is 63.1 Å². The molecule has 1 atom stereocenters. The zero-order valence-electron chi connectivity index (χ0n) is 20.5. The first-order chi connectivity index (χ1) is 16.9. The van der Waals surface area contributed by atoms with Crippen LogP contribution in [-0.2, 0) is 9.59 Å². The van der Waals surface area contributed by atoms with Crippen molar-refractivity contribution in [2.24, 2.45) is 0 Å². The lowest BCUT2D eigenvalue weighted by Gasteiger charge is -2.27. The number of Topliss-reactive ketones (excluding diaryl/α,β-unsaturated/α-hetero) is 1. The van der Waals surface area contributed by atoms with Gasteiger partial charge in [-0.3, -0.25) is 9.59 Å². The number of likely N-dealkylation sites (tertiary alicyclic amines) is 1. The SMILES string of the molecule is CCCCN(CCCC)CCCN1C(=O)C(=O)C(=C(O)c2ccc(Br)cc2)C1c1ccccc1F. The Hall–Kier alpha value is -2.51. The standard InChI is InChI=1S/C28H34BrFN2O3/c1-3-5-16-31(17-6-4-2)18-9-19-32-25(22-10-7-8-11-23(22)30)24(27(34)28(32)35)26(33)20-12-14-21(29)15-13-20/h7-8,10-15,25,33H,3-6,9,16-19H2,1-2H3. The monoisotopic (exact) mass is 544 g/mol. The molecule has 188 valence electrons. The molecule has 0 aliphatic carbocycles. The number of halogens is 2. The molecule has 1 unspecified atom stereocenters. The summed E-state index contributed by atoms with van der Waals surface area (Å²) in [5.41, 5.74) is 0.535. The summed E-state index contributed by atoms with van der Waals surface area (Å²) < 4.78 is 15.7. The van der Waals surface area contributed by atoms with Crippen LogP contribution >= 0.6 is 15.9 Å². The van der Waals surface area contributed by atoms with Gasteiger partial charge in [0.25, 0.3) is 11.7 Å². The minimum atomic E-state index is -0.973. The quantitative estimate of drug-likeness (QED) is 0.193. The van der Waals surface area contributed by atoms with E-state index in [1.807, 2.05) is 0 Å². The highest BCUT2D eigenvalue weighted by atomic mass is 79.9. The second-order valence-corrected chi connectivity index (χ2v) is 9.84. The number of carbonyl (C=O) groups excluding carboxylic acids is 2. The number of hydrogen-bond acceptors (Lipinski definition) is 4. The number of benzene rings is 2. The third-order valence-corrected chi connectivity index (χ3v) is 6.92. The molecule has 2 aromatic carbocycles. The topological polar surface area (TPSA) is 60.9 Å². The number of hydrogen-bond donors (Lipinski definition) is 1. The number of ketones is 1. The summed E-state index contributed by atoms with van der Waals surface area (Å²) in [6, 6.07) is 12.0. The minimum Gasteiger partial charge on any atom is -0.507 e. The Bertz CT molecular complexity index is 1050. The highest BCUT2D eigenvalue weighted by Gasteiger charge is 2.46. The van der Waals surface area contributed by atoms with E-state index in [9.17, 15) is 19.1 Å². The number of rotatable bonds is 12. The number of nitrogens with zero attached hydrogens (tertiary/aromatic N) is 2. The molecule has 0 saturated carbocycles. The first-order valence-electron chi connectivity index (χ1n) is 12.4. The van der Waals surface area contributed by atoms with Crippen molar-refractivity contribution in [2.45, 2.75) is 52.0 Å². The molecule has 0 aromatic heterocycles. The first kappa shape index (κ1) is 27.1. The van der Waals surface area contributed by atoms with Crippen LogP contribution in [0.5, 0.6) is 0 Å². The van der Waals surface area contributed by atoms with Gasteiger partial charge in [-0.05, 0) is 57.1 Å². The maximum atomic E-state index is 14.9. The summed E-state index contributed by atoms with van der Waals surface area (Å²) in [5.74, 6) is -2.30. The van der Waals surface area contributed by atoms with Crippen LogP contribution < -0.4 is 0 Å². The van der Waals surface area contributed by atoms with Crippen molar-refractivity contribution in [2.75, 3.05) is 26.2 Å². The summed E-state index contributed by atoms with van der Waals surface area (Å²) in [5, 5.41) is 11.1. The van der Waals surface area contributed by atoms with Gasteiger partial charge in [0.05, 0.1) is 11.6 Å². The van der Waals surface area contributed by atoms with E-state index in [4.69, 9.17) is 0 Å². The normalized spacial score (nSPS) is 17.5. The van der Waals surface area contributed by atoms with Crippen LogP contribution in [-0.4, -0.2) is 52.8 Å². The molecule has 0 spiro atoms. The van der Waals surface area contributed by atoms with Gasteiger partial charge >= 0.3 is 0 Å². The van der Waals surface area contributed by atoms with Crippen LogP contribution in [0.2, 0.25) is 0 Å². The zero-order valence-corrected chi connectivity index (χ0v) is 22.1. The summed E-state index contributed by atoms with van der Waals surface area (Å²) in [6.45, 7) is 7.41. The van der Waals surface area contributed by atoms with Crippen LogP contribution in [0.4, 0.5) is 4.39 Å². The highest BCUT2D eigenvalue weighted by Crippen LogP contribution is 2.40. The summed E-state index contributed by atoms with van der Waals surface area (Å²) in [4.78, 5) is 30.0. The van der Waals surface area contributed by atoms with Gasteiger partial charge < -0.3 is 14.9 Å². The smallest absolute Gasteiger partial charge is 0.295 e. The van der Waals surface area contributed by atoms with Crippen LogP contribution in [0.3, 0.4) is 0 Å². The fourth-order valence-electron chi connectivity index (χ4n) is 4.46. The Kier molecular flexibility index (Phi) is 10.0. The molecule has 1 aliphatic rings. The number of carbonyl (C=O) groups is 2. The minimum absolute atomic E-state index is 0.0729. The molecule has 1 saturated heterocycles. The van der Waals surface area contributed by atoms with E-state index in [2.05, 4.69) is 34.7 Å². The average Bonchev–Trinajstić information content (AvgIpc) is 3.10. The number of aliphatic hydroxyl groups is 1. The molecule has 3 rings (SSSR count). The Morgan fingerprint density at radius 2 is 1.57 bits per heavy atom. The second-order valence-electron chi connectivity index (χ2n) is 8.92. The number of amides is 1. The van der Waals surface area contributed by atoms with Crippen molar-refractivity contribution < 1.29 is 19.1 Å². The Balaban J connectivity index is 1.92. The van der Waals surface area contributed by atoms with Gasteiger partial charge in [0.1, 0.15) is 11.6 Å². The van der Waals surface area contributed by atoms with Crippen molar-refractivity contribution in [3.63, 3.8) is 0 Å². The maximum Gasteiger partial charge on any atom is 0.295 e. The molecular formula is C28H34BrFN2O3. The third kappa shape index (κ3) is 6.58.